The Kier molecular flexibility index (Phi) is 39.4. The molecule has 0 aliphatic heterocycles. The molecule has 0 spiro atoms. The van der Waals surface area contributed by atoms with Crippen LogP contribution >= 0.6 is 0 Å². The van der Waals surface area contributed by atoms with E-state index < -0.39 is 39.5 Å². The predicted octanol–water partition coefficient (Wildman–Crippen LogP) is 0.195. The summed E-state index contributed by atoms with van der Waals surface area (Å²) >= 11 is -1.09. The minimum Gasteiger partial charge on any atom is 1.00 e. The summed E-state index contributed by atoms with van der Waals surface area (Å²) in [5.74, 6) is 0. The van der Waals surface area contributed by atoms with E-state index in [2.05, 4.69) is 29.6 Å². The molecule has 0 saturated heterocycles. The average Bonchev–Trinajstić information content (AvgIpc) is 1.25. The fourth-order valence-electron chi connectivity index (χ4n) is 0. The Morgan fingerprint density at radius 1 is 0.600 bits per heavy atom. The Hall–Kier alpha value is 2.19. The average molecular weight is 350 g/mol. The molecule has 0 aromatic carbocycles. The zero-order valence-corrected chi connectivity index (χ0v) is 14.7. The maximum Gasteiger partial charge on any atom is 1.00 e. The van der Waals surface area contributed by atoms with E-state index in [4.69, 9.17) is 0 Å². The van der Waals surface area contributed by atoms with Gasteiger partial charge in [0.25, 0.3) is 0 Å². The summed E-state index contributed by atoms with van der Waals surface area (Å²) in [5, 5.41) is 0. The quantitative estimate of drug-likeness (QED) is 0.433. The molecule has 0 aliphatic carbocycles. The first-order valence-corrected chi connectivity index (χ1v) is 20.1. The summed E-state index contributed by atoms with van der Waals surface area (Å²) in [7, 11) is 0. The van der Waals surface area contributed by atoms with Crippen LogP contribution in [0.1, 0.15) is 0 Å². The van der Waals surface area contributed by atoms with Crippen molar-refractivity contribution < 1.29 is 18.9 Å². The van der Waals surface area contributed by atoms with Crippen LogP contribution in [0.4, 0.5) is 0 Å². The number of hydrogen-bond donors (Lipinski definition) is 0. The van der Waals surface area contributed by atoms with Gasteiger partial charge in [-0.15, -0.1) is 0 Å². The molecule has 0 aromatic rings. The molecule has 0 aromatic heterocycles. The largest absolute Gasteiger partial charge is 1.00 e. The zero-order valence-electron chi connectivity index (χ0n) is 9.00. The van der Waals surface area contributed by atoms with Crippen LogP contribution in [0.2, 0.25) is 29.6 Å². The van der Waals surface area contributed by atoms with Crippen molar-refractivity contribution in [3.8, 4) is 0 Å². The molecule has 0 nitrogen and oxygen atoms in total. The first kappa shape index (κ1) is 22.8. The second-order valence-corrected chi connectivity index (χ2v) is 20.1. The smallest absolute Gasteiger partial charge is 1.00 e. The SMILES string of the molecule is [CH3-].[CH3][Sn]([CH3])[CH3].[CH3][Sn]([CH3])[CH3].[Li+]. The van der Waals surface area contributed by atoms with Gasteiger partial charge < -0.3 is 7.43 Å². The van der Waals surface area contributed by atoms with Crippen LogP contribution in [0.15, 0.2) is 0 Å². The normalized spacial score (nSPS) is 7.20. The summed E-state index contributed by atoms with van der Waals surface area (Å²) in [6.45, 7) is 0. The van der Waals surface area contributed by atoms with E-state index in [0.717, 1.165) is 0 Å². The van der Waals surface area contributed by atoms with Crippen molar-refractivity contribution >= 4 is 39.5 Å². The molecule has 0 N–H and O–H groups in total. The van der Waals surface area contributed by atoms with Gasteiger partial charge >= 0.3 is 88.0 Å². The standard InChI is InChI=1S/7CH3.Li.2Sn/h7*1H3;;;/q;;;;;;-1;+1;;. The van der Waals surface area contributed by atoms with Gasteiger partial charge in [-0.3, -0.25) is 0 Å². The van der Waals surface area contributed by atoms with Crippen LogP contribution in [-0.4, -0.2) is 39.5 Å². The molecule has 0 bridgehead atoms. The van der Waals surface area contributed by atoms with Gasteiger partial charge in [0.2, 0.25) is 0 Å². The molecule has 58 valence electrons. The molecule has 0 fully saturated rings. The van der Waals surface area contributed by atoms with Gasteiger partial charge in [0.15, 0.2) is 0 Å². The van der Waals surface area contributed by atoms with Gasteiger partial charge in [0.05, 0.1) is 0 Å². The monoisotopic (exact) mass is 352 g/mol. The van der Waals surface area contributed by atoms with E-state index in [1.54, 1.807) is 0 Å². The minimum absolute atomic E-state index is 0. The molecular formula is C7H21LiSn2. The van der Waals surface area contributed by atoms with Gasteiger partial charge in [-0.25, -0.2) is 0 Å². The summed E-state index contributed by atoms with van der Waals surface area (Å²) in [5.41, 5.74) is 0. The molecule has 0 aliphatic rings. The Bertz CT molecular complexity index is 27.1. The van der Waals surface area contributed by atoms with Gasteiger partial charge in [0.1, 0.15) is 0 Å². The summed E-state index contributed by atoms with van der Waals surface area (Å²) in [6.07, 6.45) is 0. The Morgan fingerprint density at radius 2 is 0.600 bits per heavy atom. The molecule has 0 rings (SSSR count). The van der Waals surface area contributed by atoms with Crippen molar-refractivity contribution in [3.05, 3.63) is 7.43 Å². The summed E-state index contributed by atoms with van der Waals surface area (Å²) in [4.78, 5) is 14.2. The maximum atomic E-state index is 2.36. The second-order valence-electron chi connectivity index (χ2n) is 3.00. The van der Waals surface area contributed by atoms with Crippen LogP contribution in [0, 0.1) is 7.43 Å². The van der Waals surface area contributed by atoms with E-state index in [1.807, 2.05) is 0 Å². The molecular weight excluding hydrogens is 328 g/mol. The molecule has 3 heteroatoms. The number of hydrogen-bond acceptors (Lipinski definition) is 0. The van der Waals surface area contributed by atoms with Gasteiger partial charge in [0, 0.05) is 0 Å². The Morgan fingerprint density at radius 3 is 0.600 bits per heavy atom. The second kappa shape index (κ2) is 17.3. The zero-order chi connectivity index (χ0) is 7.15. The van der Waals surface area contributed by atoms with Crippen molar-refractivity contribution in [1.82, 2.24) is 0 Å². The molecule has 0 atom stereocenters. The van der Waals surface area contributed by atoms with Gasteiger partial charge in [-0.1, -0.05) is 0 Å². The third-order valence-corrected chi connectivity index (χ3v) is 0. The van der Waals surface area contributed by atoms with Crippen molar-refractivity contribution in [1.29, 1.82) is 0 Å². The topological polar surface area (TPSA) is 0 Å². The maximum absolute atomic E-state index is 2.36. The van der Waals surface area contributed by atoms with E-state index >= 15 is 0 Å². The van der Waals surface area contributed by atoms with E-state index in [0.29, 0.717) is 0 Å². The number of rotatable bonds is 0. The van der Waals surface area contributed by atoms with Crippen LogP contribution in [-0.2, 0) is 0 Å². The fourth-order valence-corrected chi connectivity index (χ4v) is 0. The van der Waals surface area contributed by atoms with Crippen LogP contribution in [0.25, 0.3) is 0 Å². The van der Waals surface area contributed by atoms with Crippen molar-refractivity contribution in [2.75, 3.05) is 0 Å². The van der Waals surface area contributed by atoms with Crippen molar-refractivity contribution in [2.24, 2.45) is 0 Å². The predicted molar refractivity (Wildman–Crippen MR) is 53.1 cm³/mol. The van der Waals surface area contributed by atoms with Crippen LogP contribution < -0.4 is 18.9 Å². The fraction of sp³-hybridized carbons (Fsp3) is 0.857. The van der Waals surface area contributed by atoms with E-state index in [-0.39, 0.29) is 26.3 Å². The summed E-state index contributed by atoms with van der Waals surface area (Å²) < 4.78 is 0. The first-order valence-electron chi connectivity index (χ1n) is 3.00. The molecule has 0 saturated carbocycles. The van der Waals surface area contributed by atoms with Crippen molar-refractivity contribution in [3.63, 3.8) is 0 Å². The molecule has 0 heterocycles. The summed E-state index contributed by atoms with van der Waals surface area (Å²) in [6, 6.07) is 0. The van der Waals surface area contributed by atoms with Crippen LogP contribution in [0.5, 0.6) is 0 Å². The van der Waals surface area contributed by atoms with Gasteiger partial charge in [-0.05, 0) is 0 Å². The van der Waals surface area contributed by atoms with Crippen molar-refractivity contribution in [2.45, 2.75) is 29.6 Å². The third-order valence-electron chi connectivity index (χ3n) is 0. The Labute approximate surface area is 94.2 Å². The minimum atomic E-state index is -0.543. The third kappa shape index (κ3) is 179. The van der Waals surface area contributed by atoms with E-state index in [1.165, 1.54) is 0 Å². The molecule has 10 heavy (non-hydrogen) atoms. The molecule has 2 radical (unpaired) electrons. The molecule has 0 unspecified atom stereocenters. The van der Waals surface area contributed by atoms with Gasteiger partial charge in [-0.2, -0.15) is 0 Å². The first-order chi connectivity index (χ1) is 3.46. The van der Waals surface area contributed by atoms with Crippen LogP contribution in [0.3, 0.4) is 0 Å². The molecule has 0 amide bonds. The van der Waals surface area contributed by atoms with E-state index in [9.17, 15) is 0 Å². The Balaban J connectivity index is -0.0000000300.